The fraction of sp³-hybridized carbons (Fsp3) is 0.167. The van der Waals surface area contributed by atoms with Crippen molar-refractivity contribution in [1.82, 2.24) is 19.3 Å². The molecule has 0 aliphatic rings. The predicted octanol–water partition coefficient (Wildman–Crippen LogP) is 4.49. The topological polar surface area (TPSA) is 65.1 Å². The lowest BCUT2D eigenvalue weighted by atomic mass is 10.1. The molecule has 6 nitrogen and oxygen atoms in total. The Hall–Kier alpha value is -4.01. The first-order chi connectivity index (χ1) is 15.7. The van der Waals surface area contributed by atoms with E-state index in [1.54, 1.807) is 19.1 Å². The number of aromatic nitrogens is 4. The van der Waals surface area contributed by atoms with Crippen molar-refractivity contribution in [3.8, 4) is 5.82 Å². The highest BCUT2D eigenvalue weighted by molar-refractivity contribution is 5.95. The summed E-state index contributed by atoms with van der Waals surface area (Å²) in [6.45, 7) is 4.20. The standard InChI is InChI=1S/C24H20F3N5O/c1-16-6-8-18(9-7-16)15-31-12-4-3-5-22(31)30-23(33)20-14-29-32(17(20)2)21-11-10-19(13-28-21)24(25,26)27/h3-14H,15H2,1-2H3. The van der Waals surface area contributed by atoms with Crippen LogP contribution < -0.4 is 5.49 Å². The molecule has 0 spiro atoms. The maximum Gasteiger partial charge on any atom is 0.417 e. The fourth-order valence-electron chi connectivity index (χ4n) is 3.29. The van der Waals surface area contributed by atoms with Crippen LogP contribution in [-0.2, 0) is 12.7 Å². The summed E-state index contributed by atoms with van der Waals surface area (Å²) in [6.07, 6.45) is -0.559. The Bertz CT molecular complexity index is 1350. The monoisotopic (exact) mass is 451 g/mol. The number of rotatable bonds is 4. The molecule has 0 fully saturated rings. The summed E-state index contributed by atoms with van der Waals surface area (Å²) in [5.74, 6) is -0.330. The maximum absolute atomic E-state index is 12.9. The van der Waals surface area contributed by atoms with Crippen molar-refractivity contribution in [3.05, 3.63) is 107 Å². The lowest BCUT2D eigenvalue weighted by molar-refractivity contribution is -0.137. The third kappa shape index (κ3) is 4.92. The van der Waals surface area contributed by atoms with Crippen molar-refractivity contribution in [1.29, 1.82) is 0 Å². The first-order valence-electron chi connectivity index (χ1n) is 10.1. The van der Waals surface area contributed by atoms with E-state index in [9.17, 15) is 18.0 Å². The Morgan fingerprint density at radius 3 is 2.42 bits per heavy atom. The largest absolute Gasteiger partial charge is 0.417 e. The number of carbonyl (C=O) groups excluding carboxylic acids is 1. The molecule has 3 heterocycles. The van der Waals surface area contributed by atoms with Crippen LogP contribution in [0.1, 0.15) is 32.7 Å². The van der Waals surface area contributed by atoms with Crippen molar-refractivity contribution in [2.45, 2.75) is 26.6 Å². The molecule has 0 atom stereocenters. The van der Waals surface area contributed by atoms with Gasteiger partial charge >= 0.3 is 6.18 Å². The van der Waals surface area contributed by atoms with E-state index in [-0.39, 0.29) is 11.4 Å². The van der Waals surface area contributed by atoms with Crippen molar-refractivity contribution in [2.75, 3.05) is 0 Å². The van der Waals surface area contributed by atoms with Crippen LogP contribution in [0.3, 0.4) is 0 Å². The van der Waals surface area contributed by atoms with E-state index in [0.29, 0.717) is 17.7 Å². The molecular weight excluding hydrogens is 431 g/mol. The molecule has 0 saturated heterocycles. The van der Waals surface area contributed by atoms with Crippen LogP contribution >= 0.6 is 0 Å². The minimum Gasteiger partial charge on any atom is -0.328 e. The number of pyridine rings is 2. The second-order valence-electron chi connectivity index (χ2n) is 7.55. The zero-order chi connectivity index (χ0) is 23.6. The molecule has 9 heteroatoms. The minimum atomic E-state index is -4.48. The highest BCUT2D eigenvalue weighted by Crippen LogP contribution is 2.28. The second-order valence-corrected chi connectivity index (χ2v) is 7.55. The normalized spacial score (nSPS) is 12.2. The van der Waals surface area contributed by atoms with E-state index < -0.39 is 17.6 Å². The number of alkyl halides is 3. The number of hydrogen-bond acceptors (Lipinski definition) is 3. The van der Waals surface area contributed by atoms with Crippen LogP contribution in [0.2, 0.25) is 0 Å². The van der Waals surface area contributed by atoms with E-state index in [4.69, 9.17) is 0 Å². The van der Waals surface area contributed by atoms with Gasteiger partial charge in [0.15, 0.2) is 5.82 Å². The van der Waals surface area contributed by atoms with Crippen molar-refractivity contribution in [3.63, 3.8) is 0 Å². The molecule has 0 radical (unpaired) electrons. The Balaban J connectivity index is 1.62. The van der Waals surface area contributed by atoms with E-state index in [1.807, 2.05) is 48.0 Å². The van der Waals surface area contributed by atoms with E-state index in [1.165, 1.54) is 16.9 Å². The molecule has 0 unspecified atom stereocenters. The van der Waals surface area contributed by atoms with Gasteiger partial charge in [0.25, 0.3) is 5.91 Å². The van der Waals surface area contributed by atoms with Gasteiger partial charge in [-0.25, -0.2) is 9.67 Å². The van der Waals surface area contributed by atoms with Gasteiger partial charge in [-0.1, -0.05) is 35.9 Å². The summed E-state index contributed by atoms with van der Waals surface area (Å²) in [6, 6.07) is 15.6. The fourth-order valence-corrected chi connectivity index (χ4v) is 3.29. The summed E-state index contributed by atoms with van der Waals surface area (Å²) in [7, 11) is 0. The summed E-state index contributed by atoms with van der Waals surface area (Å²) in [5, 5.41) is 4.12. The van der Waals surface area contributed by atoms with Gasteiger partial charge in [0, 0.05) is 18.9 Å². The molecule has 3 aromatic heterocycles. The quantitative estimate of drug-likeness (QED) is 0.459. The average Bonchev–Trinajstić information content (AvgIpc) is 3.17. The van der Waals surface area contributed by atoms with Crippen LogP contribution in [0.25, 0.3) is 5.82 Å². The van der Waals surface area contributed by atoms with Crippen LogP contribution in [0.5, 0.6) is 0 Å². The Labute approximate surface area is 187 Å². The van der Waals surface area contributed by atoms with Crippen molar-refractivity contribution < 1.29 is 18.0 Å². The molecule has 1 aromatic carbocycles. The summed E-state index contributed by atoms with van der Waals surface area (Å²) in [4.78, 5) is 21.0. The minimum absolute atomic E-state index is 0.175. The second kappa shape index (κ2) is 8.85. The Kier molecular flexibility index (Phi) is 5.95. The Morgan fingerprint density at radius 2 is 1.76 bits per heavy atom. The number of hydrogen-bond donors (Lipinski definition) is 0. The molecule has 0 N–H and O–H groups in total. The summed E-state index contributed by atoms with van der Waals surface area (Å²) >= 11 is 0. The smallest absolute Gasteiger partial charge is 0.328 e. The van der Waals surface area contributed by atoms with Gasteiger partial charge in [-0.3, -0.25) is 4.79 Å². The van der Waals surface area contributed by atoms with Gasteiger partial charge < -0.3 is 4.57 Å². The van der Waals surface area contributed by atoms with Crippen molar-refractivity contribution >= 4 is 5.91 Å². The zero-order valence-corrected chi connectivity index (χ0v) is 17.9. The SMILES string of the molecule is Cc1ccc(Cn2ccccc2=NC(=O)c2cnn(-c3ccc(C(F)(F)F)cn3)c2C)cc1. The number of halogens is 3. The number of carbonyl (C=O) groups is 1. The van der Waals surface area contributed by atoms with Crippen LogP contribution in [0.15, 0.2) is 78.2 Å². The molecular formula is C24H20F3N5O. The van der Waals surface area contributed by atoms with E-state index in [0.717, 1.165) is 23.4 Å². The summed E-state index contributed by atoms with van der Waals surface area (Å²) in [5.41, 5.74) is 2.51. The van der Waals surface area contributed by atoms with Gasteiger partial charge in [-0.2, -0.15) is 23.3 Å². The Morgan fingerprint density at radius 1 is 1.00 bits per heavy atom. The number of benzene rings is 1. The van der Waals surface area contributed by atoms with Crippen LogP contribution in [0, 0.1) is 13.8 Å². The molecule has 168 valence electrons. The van der Waals surface area contributed by atoms with Gasteiger partial charge in [0.05, 0.1) is 23.0 Å². The van der Waals surface area contributed by atoms with Gasteiger partial charge in [0.1, 0.15) is 5.49 Å². The van der Waals surface area contributed by atoms with Gasteiger partial charge in [0.2, 0.25) is 0 Å². The zero-order valence-electron chi connectivity index (χ0n) is 17.9. The number of amides is 1. The molecule has 1 amide bonds. The van der Waals surface area contributed by atoms with Gasteiger partial charge in [-0.05, 0) is 43.7 Å². The molecule has 0 bridgehead atoms. The van der Waals surface area contributed by atoms with Crippen LogP contribution in [-0.4, -0.2) is 25.2 Å². The maximum atomic E-state index is 12.9. The molecule has 0 saturated carbocycles. The molecule has 4 rings (SSSR count). The lowest BCUT2D eigenvalue weighted by Crippen LogP contribution is -2.22. The first-order valence-corrected chi connectivity index (χ1v) is 10.1. The predicted molar refractivity (Wildman–Crippen MR) is 116 cm³/mol. The lowest BCUT2D eigenvalue weighted by Gasteiger charge is -2.08. The highest BCUT2D eigenvalue weighted by atomic mass is 19.4. The summed E-state index contributed by atoms with van der Waals surface area (Å²) < 4.78 is 41.5. The molecule has 0 aliphatic heterocycles. The third-order valence-corrected chi connectivity index (χ3v) is 5.14. The van der Waals surface area contributed by atoms with E-state index >= 15 is 0 Å². The molecule has 4 aromatic rings. The van der Waals surface area contributed by atoms with E-state index in [2.05, 4.69) is 15.1 Å². The molecule has 33 heavy (non-hydrogen) atoms. The number of aryl methyl sites for hydroxylation is 1. The highest BCUT2D eigenvalue weighted by Gasteiger charge is 2.30. The molecule has 0 aliphatic carbocycles. The number of nitrogens with zero attached hydrogens (tertiary/aromatic N) is 5. The average molecular weight is 451 g/mol. The van der Waals surface area contributed by atoms with Crippen LogP contribution in [0.4, 0.5) is 13.2 Å². The third-order valence-electron chi connectivity index (χ3n) is 5.14. The first kappa shape index (κ1) is 22.2. The van der Waals surface area contributed by atoms with Gasteiger partial charge in [-0.15, -0.1) is 0 Å². The van der Waals surface area contributed by atoms with Crippen molar-refractivity contribution in [2.24, 2.45) is 4.99 Å².